The van der Waals surface area contributed by atoms with Gasteiger partial charge in [0.1, 0.15) is 6.54 Å². The van der Waals surface area contributed by atoms with Gasteiger partial charge >= 0.3 is 0 Å². The number of amides is 3. The highest BCUT2D eigenvalue weighted by Gasteiger charge is 2.24. The Morgan fingerprint density at radius 3 is 1.04 bits per heavy atom. The smallest absolute Gasteiger partial charge is 0.236 e. The summed E-state index contributed by atoms with van der Waals surface area (Å²) in [7, 11) is -2.72. The van der Waals surface area contributed by atoms with Crippen molar-refractivity contribution < 1.29 is 131 Å². The number of hydrogen-bond acceptors (Lipinski definition) is 29. The Labute approximate surface area is 575 Å². The molecule has 0 fully saturated rings. The minimum Gasteiger partial charge on any atom is -1.00 e. The van der Waals surface area contributed by atoms with Gasteiger partial charge in [0.05, 0.1) is 236 Å². The number of quaternary nitrogens is 1. The van der Waals surface area contributed by atoms with Crippen LogP contribution in [0.1, 0.15) is 56.2 Å². The first-order chi connectivity index (χ1) is 44.3. The second kappa shape index (κ2) is 60.2. The van der Waals surface area contributed by atoms with E-state index >= 15 is 0 Å². The average Bonchev–Trinajstić information content (AvgIpc) is 1.75. The van der Waals surface area contributed by atoms with Gasteiger partial charge in [-0.2, -0.15) is 0 Å². The molecule has 0 aliphatic rings. The Kier molecular flexibility index (Phi) is 58.3. The van der Waals surface area contributed by atoms with Gasteiger partial charge in [0.15, 0.2) is 40.0 Å². The highest BCUT2D eigenvalue weighted by molar-refractivity contribution is 7.91. The number of aryl methyl sites for hydroxylation is 2. The molecule has 31 nitrogen and oxygen atoms in total. The molecule has 0 unspecified atom stereocenters. The maximum atomic E-state index is 12.5. The van der Waals surface area contributed by atoms with E-state index in [1.54, 1.807) is 13.8 Å². The summed E-state index contributed by atoms with van der Waals surface area (Å²) < 4.78 is 133. The largest absolute Gasteiger partial charge is 1.00 e. The lowest BCUT2D eigenvalue weighted by Gasteiger charge is -2.29. The first kappa shape index (κ1) is 90.0. The highest BCUT2D eigenvalue weighted by atomic mass is 127. The molecule has 0 atom stereocenters. The van der Waals surface area contributed by atoms with Crippen molar-refractivity contribution in [2.24, 2.45) is 15.8 Å². The van der Waals surface area contributed by atoms with Gasteiger partial charge < -0.3 is 110 Å². The molecule has 0 aliphatic carbocycles. The number of rotatable bonds is 62. The molecule has 0 aliphatic heterocycles. The molecule has 0 saturated carbocycles. The number of halogens is 1. The molecule has 2 aromatic rings. The molecule has 2 rings (SSSR count). The van der Waals surface area contributed by atoms with Gasteiger partial charge in [0.25, 0.3) is 0 Å². The third kappa shape index (κ3) is 53.7. The van der Waals surface area contributed by atoms with Crippen molar-refractivity contribution in [2.45, 2.75) is 70.4 Å². The lowest BCUT2D eigenvalue weighted by Crippen LogP contribution is -3.00. The van der Waals surface area contributed by atoms with Gasteiger partial charge in [-0.1, -0.05) is 0 Å². The highest BCUT2D eigenvalue weighted by Crippen LogP contribution is 2.28. The number of ether oxygens (including phenoxy) is 15. The number of hydrogen-bond donors (Lipinski definition) is 4. The number of carbonyl (C=O) groups is 3. The molecule has 0 aromatic carbocycles. The van der Waals surface area contributed by atoms with E-state index in [2.05, 4.69) is 50.7 Å². The monoisotopic (exact) mass is 1520 g/mol. The second-order valence-corrected chi connectivity index (χ2v) is 26.6. The summed E-state index contributed by atoms with van der Waals surface area (Å²) in [4.78, 5) is 50.5. The molecule has 0 radical (unpaired) electrons. The minimum atomic E-state index is -3.55. The summed E-state index contributed by atoms with van der Waals surface area (Å²) in [6.07, 6.45) is 1.87. The number of sulfone groups is 2. The molecule has 542 valence electrons. The Morgan fingerprint density at radius 2 is 0.753 bits per heavy atom. The van der Waals surface area contributed by atoms with Gasteiger partial charge in [-0.3, -0.25) is 19.8 Å². The summed E-state index contributed by atoms with van der Waals surface area (Å²) in [6, 6.07) is 2.70. The van der Waals surface area contributed by atoms with Gasteiger partial charge in [-0.25, -0.2) is 42.6 Å². The standard InChI is InChI=1S/C31H57N5O10S2.C26H48N4O12S2.HI/c1-6-32-27-33-9-7-10-36(4,5)11-13-41-15-17-43-19-21-45-23-25-46-24-22-44-20-18-42-16-14-40-12-8-26-48(38,39)30-28(2)47-31(35-30)34-29(3)37;1-22-25(29-26(43-22)28-23(2)31)44(33,34)21-3-5-35-7-9-37-11-13-39-15-17-41-19-20-42-18-16-40-14-12-38-10-8-36-6-4-24(32)30-27;/h6-26H2,1-5H3;3-21,27H2,1-2H3,(H,30,32)(H,28,29,31);1H. The van der Waals surface area contributed by atoms with Crippen LogP contribution in [0, 0.1) is 13.8 Å². The van der Waals surface area contributed by atoms with Crippen LogP contribution in [-0.2, 0) is 105 Å². The van der Waals surface area contributed by atoms with Crippen molar-refractivity contribution in [3.8, 4) is 0 Å². The van der Waals surface area contributed by atoms with Crippen molar-refractivity contribution in [1.29, 1.82) is 0 Å². The van der Waals surface area contributed by atoms with Crippen LogP contribution in [-0.4, -0.2) is 305 Å². The maximum absolute atomic E-state index is 12.5. The predicted octanol–water partition coefficient (Wildman–Crippen LogP) is -0.559. The normalized spacial score (nSPS) is 11.6. The zero-order chi connectivity index (χ0) is 67.7. The predicted molar refractivity (Wildman–Crippen MR) is 347 cm³/mol. The zero-order valence-corrected chi connectivity index (χ0v) is 61.0. The van der Waals surface area contributed by atoms with Crippen molar-refractivity contribution in [3.63, 3.8) is 0 Å². The number of likely N-dealkylation sites (N-methyl/N-ethyl adjacent to an activating group) is 1. The lowest BCUT2D eigenvalue weighted by molar-refractivity contribution is -0.890. The first-order valence-electron chi connectivity index (χ1n) is 30.8. The number of thiazole rings is 2. The van der Waals surface area contributed by atoms with Crippen LogP contribution in [0.25, 0.3) is 0 Å². The van der Waals surface area contributed by atoms with Crippen LogP contribution in [0.4, 0.5) is 10.3 Å². The van der Waals surface area contributed by atoms with E-state index in [0.717, 1.165) is 59.8 Å². The third-order valence-corrected chi connectivity index (χ3v) is 17.4. The fourth-order valence-corrected chi connectivity index (χ4v) is 12.5. The van der Waals surface area contributed by atoms with Crippen molar-refractivity contribution in [2.75, 3.05) is 261 Å². The number of nitrogens with one attached hydrogen (secondary N) is 3. The number of aromatic nitrogens is 2. The number of nitrogens with two attached hydrogens (primary N) is 1. The molecule has 2 aromatic heterocycles. The van der Waals surface area contributed by atoms with E-state index < -0.39 is 19.7 Å². The van der Waals surface area contributed by atoms with Gasteiger partial charge in [0, 0.05) is 49.8 Å². The fourth-order valence-electron chi connectivity index (χ4n) is 7.12. The van der Waals surface area contributed by atoms with Crippen LogP contribution < -0.4 is 45.9 Å². The number of nitrogens with zero attached hydrogens (tertiary/aromatic N) is 5. The average molecular weight is 1520 g/mol. The van der Waals surface area contributed by atoms with Crippen molar-refractivity contribution >= 4 is 76.3 Å². The van der Waals surface area contributed by atoms with Crippen LogP contribution in [0.15, 0.2) is 20.0 Å². The van der Waals surface area contributed by atoms with Gasteiger partial charge in [0.2, 0.25) is 17.7 Å². The Hall–Kier alpha value is -3.00. The molecular weight excluding hydrogens is 1420 g/mol. The Morgan fingerprint density at radius 1 is 0.462 bits per heavy atom. The number of carbonyl (C=O) groups excluding carboxylic acids is 3. The second-order valence-electron chi connectivity index (χ2n) is 20.2. The molecule has 93 heavy (non-hydrogen) atoms. The van der Waals surface area contributed by atoms with Crippen LogP contribution in [0.5, 0.6) is 0 Å². The molecule has 3 amide bonds. The van der Waals surface area contributed by atoms with E-state index in [1.807, 2.05) is 12.3 Å². The molecular formula is C57H106IN9O22S4. The van der Waals surface area contributed by atoms with Crippen LogP contribution in [0.3, 0.4) is 0 Å². The summed E-state index contributed by atoms with van der Waals surface area (Å²) in [5, 5.41) is 5.59. The molecule has 2 heterocycles. The molecule has 0 bridgehead atoms. The van der Waals surface area contributed by atoms with E-state index in [1.165, 1.54) is 13.8 Å². The van der Waals surface area contributed by atoms with E-state index in [-0.39, 0.29) is 93.2 Å². The van der Waals surface area contributed by atoms with Crippen molar-refractivity contribution in [1.82, 2.24) is 15.4 Å². The zero-order valence-electron chi connectivity index (χ0n) is 55.6. The van der Waals surface area contributed by atoms with E-state index in [9.17, 15) is 31.2 Å². The Balaban J connectivity index is 0.00000181. The van der Waals surface area contributed by atoms with Gasteiger partial charge in [-0.05, 0) is 33.6 Å². The fraction of sp³-hybridized carbons (Fsp3) is 0.825. The summed E-state index contributed by atoms with van der Waals surface area (Å²) in [5.74, 6) is 3.92. The molecule has 5 N–H and O–H groups in total. The lowest BCUT2D eigenvalue weighted by atomic mass is 10.3. The number of anilines is 2. The minimum absolute atomic E-state index is 0. The van der Waals surface area contributed by atoms with Crippen LogP contribution in [0.2, 0.25) is 0 Å². The van der Waals surface area contributed by atoms with E-state index in [0.29, 0.717) is 208 Å². The van der Waals surface area contributed by atoms with Crippen molar-refractivity contribution in [3.05, 3.63) is 9.75 Å². The number of hydrazine groups is 1. The van der Waals surface area contributed by atoms with E-state index in [4.69, 9.17) is 76.9 Å². The first-order valence-corrected chi connectivity index (χ1v) is 35.8. The number of aliphatic imine (C=N–C) groups is 2. The van der Waals surface area contributed by atoms with Gasteiger partial charge in [-0.15, -0.1) is 22.7 Å². The maximum Gasteiger partial charge on any atom is 0.236 e. The quantitative estimate of drug-likeness (QED) is 0.0123. The molecule has 0 spiro atoms. The SMILES string of the molecule is CC(=O)Nc1nc(S(=O)(=O)CCCOCCOCCOCCOCCOCCOCCOCCOCCC(=O)NN)c(C)s1.CCN=C=NCCC[N+](C)(C)CCOCCOCCOCCOCCOCCOCCOCCCS(=O)(=O)c1nc(NC(C)=O)sc1C.[I-]. The Bertz CT molecular complexity index is 2480. The third-order valence-electron chi connectivity index (χ3n) is 11.7. The summed E-state index contributed by atoms with van der Waals surface area (Å²) in [5.41, 5.74) is 2.03. The molecule has 0 saturated heterocycles. The topological polar surface area (TPSA) is 371 Å². The van der Waals surface area contributed by atoms with Crippen LogP contribution >= 0.6 is 22.7 Å². The molecule has 36 heteroatoms. The summed E-state index contributed by atoms with van der Waals surface area (Å²) in [6.45, 7) is 24.6. The summed E-state index contributed by atoms with van der Waals surface area (Å²) >= 11 is 2.27.